The molecule has 1 saturated heterocycles. The predicted molar refractivity (Wildman–Crippen MR) is 145 cm³/mol. The molecule has 0 unspecified atom stereocenters. The van der Waals surface area contributed by atoms with Gasteiger partial charge < -0.3 is 24.5 Å². The van der Waals surface area contributed by atoms with E-state index < -0.39 is 0 Å². The maximum Gasteiger partial charge on any atom is 0.225 e. The number of aromatic nitrogens is 4. The highest BCUT2D eigenvalue weighted by molar-refractivity contribution is 5.96. The molecule has 0 amide bonds. The summed E-state index contributed by atoms with van der Waals surface area (Å²) in [6.07, 6.45) is 3.23. The number of methoxy groups -OCH3 is 1. The molecule has 1 aliphatic heterocycles. The molecule has 0 atom stereocenters. The number of fused-ring (bicyclic) bond motifs is 1. The number of nitrogen functional groups attached to an aromatic ring is 1. The van der Waals surface area contributed by atoms with E-state index in [0.717, 1.165) is 38.5 Å². The molecule has 1 fully saturated rings. The smallest absolute Gasteiger partial charge is 0.225 e. The summed E-state index contributed by atoms with van der Waals surface area (Å²) in [5, 5.41) is 18.1. The van der Waals surface area contributed by atoms with Crippen LogP contribution in [0.15, 0.2) is 58.4 Å². The lowest BCUT2D eigenvalue weighted by molar-refractivity contribution is 0.146. The number of nitrogens with one attached hydrogen (secondary N) is 1. The monoisotopic (exact) mass is 519 g/mol. The Bertz CT molecular complexity index is 1430. The van der Waals surface area contributed by atoms with Crippen LogP contribution in [-0.2, 0) is 11.3 Å². The van der Waals surface area contributed by atoms with Gasteiger partial charge in [0.2, 0.25) is 5.95 Å². The average molecular weight is 520 g/mol. The Balaban J connectivity index is 1.19. The van der Waals surface area contributed by atoms with E-state index in [1.165, 1.54) is 10.4 Å². The van der Waals surface area contributed by atoms with Gasteiger partial charge in [-0.05, 0) is 43.3 Å². The molecule has 0 aliphatic carbocycles. The highest BCUT2D eigenvalue weighted by Crippen LogP contribution is 2.21. The normalized spacial score (nSPS) is 14.9. The molecule has 0 radical (unpaired) electrons. The van der Waals surface area contributed by atoms with Crippen LogP contribution in [0.1, 0.15) is 12.7 Å². The topological polar surface area (TPSA) is 136 Å². The van der Waals surface area contributed by atoms with E-state index in [2.05, 4.69) is 37.1 Å². The third kappa shape index (κ3) is 5.55. The summed E-state index contributed by atoms with van der Waals surface area (Å²) in [7, 11) is 1.67. The largest absolute Gasteiger partial charge is 0.491 e. The molecular formula is C26H33N9O3. The second-order valence-electron chi connectivity index (χ2n) is 9.06. The Morgan fingerprint density at radius 1 is 1.11 bits per heavy atom. The second kappa shape index (κ2) is 11.5. The van der Waals surface area contributed by atoms with Gasteiger partial charge in [0.15, 0.2) is 11.1 Å². The van der Waals surface area contributed by atoms with Crippen molar-refractivity contribution in [2.45, 2.75) is 13.5 Å². The first-order valence-corrected chi connectivity index (χ1v) is 12.6. The van der Waals surface area contributed by atoms with Crippen molar-refractivity contribution in [3.63, 3.8) is 0 Å². The molecule has 38 heavy (non-hydrogen) atoms. The number of rotatable bonds is 10. The number of nitrogens with two attached hydrogens (primary N) is 1. The number of hydrogen-bond donors (Lipinski definition) is 2. The number of furan rings is 1. The van der Waals surface area contributed by atoms with Crippen molar-refractivity contribution < 1.29 is 13.9 Å². The van der Waals surface area contributed by atoms with Crippen LogP contribution in [-0.4, -0.2) is 83.1 Å². The number of nitrogens with zero attached hydrogens (tertiary/aromatic N) is 7. The van der Waals surface area contributed by atoms with Crippen LogP contribution >= 0.6 is 0 Å². The maximum absolute atomic E-state index is 8.62. The van der Waals surface area contributed by atoms with Gasteiger partial charge in [-0.2, -0.15) is 19.9 Å². The van der Waals surface area contributed by atoms with Crippen LogP contribution in [0.3, 0.4) is 0 Å². The molecule has 12 nitrogen and oxygen atoms in total. The molecule has 3 N–H and O–H groups in total. The SMILES string of the molecule is COCCOc1ccc(N2CCN(CCn3ncc4c(=N)n(/N=C(\C)c5ccco5)c(N)nc43)CC2)cc1. The molecule has 0 bridgehead atoms. The van der Waals surface area contributed by atoms with Gasteiger partial charge >= 0.3 is 0 Å². The summed E-state index contributed by atoms with van der Waals surface area (Å²) < 4.78 is 19.2. The first kappa shape index (κ1) is 25.5. The van der Waals surface area contributed by atoms with Crippen molar-refractivity contribution in [3.05, 3.63) is 60.1 Å². The molecule has 4 heterocycles. The molecule has 12 heteroatoms. The van der Waals surface area contributed by atoms with Gasteiger partial charge in [-0.15, -0.1) is 0 Å². The minimum atomic E-state index is 0.124. The fourth-order valence-electron chi connectivity index (χ4n) is 4.46. The third-order valence-corrected chi connectivity index (χ3v) is 6.60. The molecule has 200 valence electrons. The molecule has 3 aromatic heterocycles. The molecule has 4 aromatic rings. The number of ether oxygens (including phenoxy) is 2. The lowest BCUT2D eigenvalue weighted by atomic mass is 10.2. The zero-order valence-corrected chi connectivity index (χ0v) is 21.7. The molecule has 5 rings (SSSR count). The van der Waals surface area contributed by atoms with Gasteiger partial charge in [0.05, 0.1) is 31.0 Å². The van der Waals surface area contributed by atoms with Gasteiger partial charge in [0.25, 0.3) is 0 Å². The standard InChI is InChI=1S/C26H33N9O3/c1-19(23-4-3-15-38-23)31-35-24(27)22-18-29-34(25(22)30-26(35)28)14-11-32-9-12-33(13-10-32)20-5-7-21(8-6-20)37-17-16-36-2/h3-8,15,18,27H,9-14,16-17H2,1-2H3,(H2,28,30)/b27-24?,31-19+. The fourth-order valence-corrected chi connectivity index (χ4v) is 4.46. The van der Waals surface area contributed by atoms with Crippen LogP contribution in [0.25, 0.3) is 11.0 Å². The summed E-state index contributed by atoms with van der Waals surface area (Å²) in [6, 6.07) is 11.8. The fraction of sp³-hybridized carbons (Fsp3) is 0.385. The minimum absolute atomic E-state index is 0.124. The Kier molecular flexibility index (Phi) is 7.70. The van der Waals surface area contributed by atoms with Crippen molar-refractivity contribution in [3.8, 4) is 5.75 Å². The van der Waals surface area contributed by atoms with Gasteiger partial charge in [0.1, 0.15) is 23.8 Å². The van der Waals surface area contributed by atoms with E-state index >= 15 is 0 Å². The third-order valence-electron chi connectivity index (χ3n) is 6.60. The first-order chi connectivity index (χ1) is 18.5. The zero-order valence-electron chi connectivity index (χ0n) is 21.7. The van der Waals surface area contributed by atoms with Gasteiger partial charge in [-0.3, -0.25) is 10.3 Å². The van der Waals surface area contributed by atoms with E-state index in [4.69, 9.17) is 25.0 Å². The molecule has 1 aromatic carbocycles. The Morgan fingerprint density at radius 3 is 2.61 bits per heavy atom. The van der Waals surface area contributed by atoms with E-state index in [-0.39, 0.29) is 11.4 Å². The van der Waals surface area contributed by atoms with E-state index in [1.807, 2.05) is 16.8 Å². The van der Waals surface area contributed by atoms with Crippen molar-refractivity contribution in [2.75, 3.05) is 63.7 Å². The summed E-state index contributed by atoms with van der Waals surface area (Å²) in [5.74, 6) is 1.58. The lowest BCUT2D eigenvalue weighted by Gasteiger charge is -2.36. The summed E-state index contributed by atoms with van der Waals surface area (Å²) >= 11 is 0. The van der Waals surface area contributed by atoms with Crippen molar-refractivity contribution >= 4 is 28.4 Å². The lowest BCUT2D eigenvalue weighted by Crippen LogP contribution is -2.47. The van der Waals surface area contributed by atoms with Crippen molar-refractivity contribution in [1.82, 2.24) is 24.3 Å². The number of hydrogen-bond acceptors (Lipinski definition) is 10. The van der Waals surface area contributed by atoms with Crippen LogP contribution in [0, 0.1) is 5.41 Å². The number of piperazine rings is 1. The molecule has 0 saturated carbocycles. The van der Waals surface area contributed by atoms with Crippen LogP contribution in [0.5, 0.6) is 5.75 Å². The van der Waals surface area contributed by atoms with Gasteiger partial charge in [0, 0.05) is 45.5 Å². The Labute approximate surface area is 220 Å². The van der Waals surface area contributed by atoms with Gasteiger partial charge in [-0.25, -0.2) is 4.68 Å². The van der Waals surface area contributed by atoms with Crippen LogP contribution < -0.4 is 20.9 Å². The molecule has 1 aliphatic rings. The van der Waals surface area contributed by atoms with Crippen LogP contribution in [0.4, 0.5) is 11.6 Å². The van der Waals surface area contributed by atoms with Crippen LogP contribution in [0.2, 0.25) is 0 Å². The predicted octanol–water partition coefficient (Wildman–Crippen LogP) is 2.01. The number of anilines is 2. The summed E-state index contributed by atoms with van der Waals surface area (Å²) in [6.45, 7) is 8.19. The summed E-state index contributed by atoms with van der Waals surface area (Å²) in [4.78, 5) is 9.32. The quantitative estimate of drug-likeness (QED) is 0.240. The summed E-state index contributed by atoms with van der Waals surface area (Å²) in [5.41, 5.74) is 8.70. The average Bonchev–Trinajstić information content (AvgIpc) is 3.62. The van der Waals surface area contributed by atoms with Crippen molar-refractivity contribution in [1.29, 1.82) is 5.41 Å². The first-order valence-electron chi connectivity index (χ1n) is 12.6. The van der Waals surface area contributed by atoms with E-state index in [0.29, 0.717) is 42.3 Å². The van der Waals surface area contributed by atoms with Gasteiger partial charge in [-0.1, -0.05) is 0 Å². The highest BCUT2D eigenvalue weighted by atomic mass is 16.5. The minimum Gasteiger partial charge on any atom is -0.491 e. The molecule has 0 spiro atoms. The van der Waals surface area contributed by atoms with E-state index in [1.54, 1.807) is 38.6 Å². The second-order valence-corrected chi connectivity index (χ2v) is 9.06. The maximum atomic E-state index is 8.62. The van der Waals surface area contributed by atoms with E-state index in [9.17, 15) is 0 Å². The van der Waals surface area contributed by atoms with Crippen molar-refractivity contribution in [2.24, 2.45) is 5.10 Å². The Morgan fingerprint density at radius 2 is 1.89 bits per heavy atom. The Hall–Kier alpha value is -4.16. The zero-order chi connectivity index (χ0) is 26.5. The highest BCUT2D eigenvalue weighted by Gasteiger charge is 2.18. The number of benzene rings is 1. The molecular weight excluding hydrogens is 486 g/mol.